The van der Waals surface area contributed by atoms with Gasteiger partial charge in [0.1, 0.15) is 12.0 Å². The zero-order valence-electron chi connectivity index (χ0n) is 25.2. The van der Waals surface area contributed by atoms with Crippen LogP contribution in [0.5, 0.6) is 5.75 Å². The highest BCUT2D eigenvalue weighted by atomic mass is 16.6. The van der Waals surface area contributed by atoms with Crippen LogP contribution >= 0.6 is 0 Å². The van der Waals surface area contributed by atoms with Gasteiger partial charge in [-0.05, 0) is 59.2 Å². The van der Waals surface area contributed by atoms with Gasteiger partial charge in [0.2, 0.25) is 0 Å². The summed E-state index contributed by atoms with van der Waals surface area (Å²) >= 11 is 0. The molecule has 2 heterocycles. The van der Waals surface area contributed by atoms with Gasteiger partial charge in [0.05, 0.1) is 31.1 Å². The van der Waals surface area contributed by atoms with Gasteiger partial charge in [-0.1, -0.05) is 53.7 Å². The van der Waals surface area contributed by atoms with E-state index < -0.39 is 0 Å². The number of methoxy groups -OCH3 is 1. The zero-order chi connectivity index (χ0) is 29.9. The fourth-order valence-electron chi connectivity index (χ4n) is 4.46. The Morgan fingerprint density at radius 2 is 1.71 bits per heavy atom. The van der Waals surface area contributed by atoms with E-state index in [1.807, 2.05) is 31.2 Å². The van der Waals surface area contributed by atoms with E-state index >= 15 is 0 Å². The number of carbonyl (C=O) groups excluding carboxylic acids is 2. The topological polar surface area (TPSA) is 102 Å². The fraction of sp³-hybridized carbons (Fsp3) is 0.364. The lowest BCUT2D eigenvalue weighted by Crippen LogP contribution is -2.32. The maximum atomic E-state index is 13.7. The molecule has 0 saturated carbocycles. The number of aromatic nitrogens is 1. The molecule has 0 aliphatic carbocycles. The first kappa shape index (κ1) is 29.8. The monoisotopic (exact) mass is 556 g/mol. The molecule has 3 N–H and O–H groups in total. The number of hydrogen-bond donors (Lipinski definition) is 3. The number of pyridine rings is 1. The number of carbonyl (C=O) groups is 2. The summed E-state index contributed by atoms with van der Waals surface area (Å²) < 4.78 is 5.76. The Balaban J connectivity index is 1.62. The first-order chi connectivity index (χ1) is 19.3. The zero-order valence-corrected chi connectivity index (χ0v) is 25.2. The summed E-state index contributed by atoms with van der Waals surface area (Å²) in [4.78, 5) is 36.0. The molecule has 0 saturated heterocycles. The molecule has 8 heteroatoms. The number of nitrogens with one attached hydrogen (secondary N) is 3. The van der Waals surface area contributed by atoms with Crippen LogP contribution < -0.4 is 20.9 Å². The molecular formula is C33H40N4O4. The van der Waals surface area contributed by atoms with Crippen molar-refractivity contribution < 1.29 is 19.2 Å². The number of amides is 2. The summed E-state index contributed by atoms with van der Waals surface area (Å²) in [7, 11) is 1.56. The van der Waals surface area contributed by atoms with Crippen LogP contribution in [-0.2, 0) is 10.3 Å². The highest BCUT2D eigenvalue weighted by Crippen LogP contribution is 2.37. The van der Waals surface area contributed by atoms with Crippen molar-refractivity contribution >= 4 is 23.1 Å². The summed E-state index contributed by atoms with van der Waals surface area (Å²) in [6.07, 6.45) is 3.28. The number of benzene rings is 2. The summed E-state index contributed by atoms with van der Waals surface area (Å²) in [6, 6.07) is 13.2. The Morgan fingerprint density at radius 1 is 1.00 bits per heavy atom. The van der Waals surface area contributed by atoms with Crippen molar-refractivity contribution in [2.75, 3.05) is 25.5 Å². The molecule has 1 aliphatic rings. The van der Waals surface area contributed by atoms with Crippen LogP contribution in [0.3, 0.4) is 0 Å². The first-order valence-electron chi connectivity index (χ1n) is 13.7. The number of ether oxygens (including phenoxy) is 1. The quantitative estimate of drug-likeness (QED) is 0.317. The lowest BCUT2D eigenvalue weighted by molar-refractivity contribution is 0.0938. The molecule has 0 fully saturated rings. The average molecular weight is 557 g/mol. The Hall–Kier alpha value is -4.17. The van der Waals surface area contributed by atoms with Crippen molar-refractivity contribution in [3.8, 4) is 16.9 Å². The van der Waals surface area contributed by atoms with Crippen LogP contribution in [0.15, 0.2) is 54.9 Å². The predicted molar refractivity (Wildman–Crippen MR) is 163 cm³/mol. The van der Waals surface area contributed by atoms with Crippen molar-refractivity contribution in [2.45, 2.75) is 53.9 Å². The van der Waals surface area contributed by atoms with Gasteiger partial charge < -0.3 is 20.2 Å². The number of rotatable bonds is 7. The molecule has 1 aliphatic heterocycles. The number of nitrogens with zero attached hydrogens (tertiary/aromatic N) is 1. The molecule has 2 amide bonds. The SMILES string of the molecule is COc1c(C(=O)Nc2cnc(C)c(-c3ccc(C(=O)NCC(C)(C)C)cc3)c2)cc(C(C)(C)C)cc1C1=CONC1. The maximum absolute atomic E-state index is 13.7. The lowest BCUT2D eigenvalue weighted by atomic mass is 9.83. The third kappa shape index (κ3) is 7.13. The van der Waals surface area contributed by atoms with Gasteiger partial charge in [-0.3, -0.25) is 14.6 Å². The van der Waals surface area contributed by atoms with Crippen molar-refractivity contribution in [1.29, 1.82) is 0 Å². The highest BCUT2D eigenvalue weighted by Gasteiger charge is 2.26. The molecule has 0 radical (unpaired) electrons. The van der Waals surface area contributed by atoms with Crippen LogP contribution in [0.2, 0.25) is 0 Å². The smallest absolute Gasteiger partial charge is 0.259 e. The molecular weight excluding hydrogens is 516 g/mol. The Kier molecular flexibility index (Phi) is 8.54. The van der Waals surface area contributed by atoms with Gasteiger partial charge in [0, 0.05) is 34.5 Å². The molecule has 0 bridgehead atoms. The van der Waals surface area contributed by atoms with Crippen LogP contribution in [0, 0.1) is 12.3 Å². The van der Waals surface area contributed by atoms with Crippen LogP contribution in [-0.4, -0.2) is 37.0 Å². The van der Waals surface area contributed by atoms with E-state index in [1.165, 1.54) is 0 Å². The molecule has 8 nitrogen and oxygen atoms in total. The van der Waals surface area contributed by atoms with E-state index in [0.717, 1.165) is 33.5 Å². The molecule has 1 aromatic heterocycles. The Bertz CT molecular complexity index is 1480. The number of hydrogen-bond acceptors (Lipinski definition) is 6. The van der Waals surface area contributed by atoms with Gasteiger partial charge in [-0.2, -0.15) is 5.48 Å². The number of hydroxylamine groups is 1. The number of anilines is 1. The molecule has 4 rings (SSSR count). The van der Waals surface area contributed by atoms with Gasteiger partial charge in [0.15, 0.2) is 0 Å². The highest BCUT2D eigenvalue weighted by molar-refractivity contribution is 6.07. The molecule has 0 spiro atoms. The van der Waals surface area contributed by atoms with Gasteiger partial charge in [0.25, 0.3) is 11.8 Å². The maximum Gasteiger partial charge on any atom is 0.259 e. The number of aryl methyl sites for hydroxylation is 1. The third-order valence-electron chi connectivity index (χ3n) is 6.88. The molecule has 2 aromatic carbocycles. The summed E-state index contributed by atoms with van der Waals surface area (Å²) in [5.74, 6) is 0.0719. The summed E-state index contributed by atoms with van der Waals surface area (Å²) in [5, 5.41) is 5.99. The van der Waals surface area contributed by atoms with Crippen molar-refractivity contribution in [1.82, 2.24) is 15.8 Å². The van der Waals surface area contributed by atoms with E-state index in [4.69, 9.17) is 9.57 Å². The van der Waals surface area contributed by atoms with Crippen LogP contribution in [0.4, 0.5) is 5.69 Å². The Labute approximate surface area is 242 Å². The molecule has 0 atom stereocenters. The second-order valence-corrected chi connectivity index (χ2v) is 12.6. The van der Waals surface area contributed by atoms with E-state index in [1.54, 1.807) is 31.7 Å². The lowest BCUT2D eigenvalue weighted by Gasteiger charge is -2.23. The minimum absolute atomic E-state index is 0.00229. The predicted octanol–water partition coefficient (Wildman–Crippen LogP) is 6.27. The summed E-state index contributed by atoms with van der Waals surface area (Å²) in [5.41, 5.74) is 9.49. The van der Waals surface area contributed by atoms with Crippen molar-refractivity contribution in [3.63, 3.8) is 0 Å². The fourth-order valence-corrected chi connectivity index (χ4v) is 4.46. The van der Waals surface area contributed by atoms with Gasteiger partial charge in [-0.15, -0.1) is 0 Å². The molecule has 0 unspecified atom stereocenters. The Morgan fingerprint density at radius 3 is 2.29 bits per heavy atom. The van der Waals surface area contributed by atoms with Crippen LogP contribution in [0.25, 0.3) is 16.7 Å². The molecule has 3 aromatic rings. The largest absolute Gasteiger partial charge is 0.495 e. The van der Waals surface area contributed by atoms with Gasteiger partial charge in [-0.25, -0.2) is 0 Å². The third-order valence-corrected chi connectivity index (χ3v) is 6.88. The first-order valence-corrected chi connectivity index (χ1v) is 13.7. The minimum atomic E-state index is -0.302. The second kappa shape index (κ2) is 11.7. The van der Waals surface area contributed by atoms with Crippen LogP contribution in [0.1, 0.15) is 79.1 Å². The average Bonchev–Trinajstić information content (AvgIpc) is 3.46. The summed E-state index contributed by atoms with van der Waals surface area (Å²) in [6.45, 7) is 15.6. The second-order valence-electron chi connectivity index (χ2n) is 12.6. The van der Waals surface area contributed by atoms with E-state index in [9.17, 15) is 9.59 Å². The normalized spacial score (nSPS) is 13.3. The molecule has 216 valence electrons. The van der Waals surface area contributed by atoms with Crippen molar-refractivity contribution in [3.05, 3.63) is 82.9 Å². The van der Waals surface area contributed by atoms with E-state index in [-0.39, 0.29) is 22.6 Å². The standard InChI is InChI=1S/C33H40N4O4/c1-20-26(21-9-11-22(12-10-21)30(38)35-19-32(2,3)4)15-25(17-34-20)37-31(39)28-14-24(33(5,6)7)13-27(29(28)40-8)23-16-36-41-18-23/h9-15,17-18,36H,16,19H2,1-8H3,(H,35,38)(H,37,39). The minimum Gasteiger partial charge on any atom is -0.495 e. The van der Waals surface area contributed by atoms with E-state index in [0.29, 0.717) is 35.7 Å². The van der Waals surface area contributed by atoms with Gasteiger partial charge >= 0.3 is 0 Å². The molecule has 41 heavy (non-hydrogen) atoms. The van der Waals surface area contributed by atoms with E-state index in [2.05, 4.69) is 68.7 Å². The van der Waals surface area contributed by atoms with Crippen molar-refractivity contribution in [2.24, 2.45) is 5.41 Å².